The molecule has 0 spiro atoms. The molecule has 0 saturated heterocycles. The van der Waals surface area contributed by atoms with Gasteiger partial charge in [-0.1, -0.05) is 6.07 Å². The van der Waals surface area contributed by atoms with Crippen molar-refractivity contribution in [2.24, 2.45) is 0 Å². The van der Waals surface area contributed by atoms with E-state index in [-0.39, 0.29) is 5.82 Å². The van der Waals surface area contributed by atoms with Crippen molar-refractivity contribution in [2.75, 3.05) is 0 Å². The van der Waals surface area contributed by atoms with Crippen molar-refractivity contribution >= 4 is 11.2 Å². The number of hydrogen-bond acceptors (Lipinski definition) is 2. The van der Waals surface area contributed by atoms with Gasteiger partial charge in [-0.3, -0.25) is 0 Å². The Morgan fingerprint density at radius 1 is 1.11 bits per heavy atom. The maximum Gasteiger partial charge on any atom is 0.178 e. The SMILES string of the molecule is Cc1ccc(F)cc1-c1nc2nccc(C)c2[nH]1. The third-order valence-corrected chi connectivity index (χ3v) is 3.06. The minimum Gasteiger partial charge on any atom is -0.336 e. The van der Waals surface area contributed by atoms with E-state index in [4.69, 9.17) is 0 Å². The zero-order valence-corrected chi connectivity index (χ0v) is 10.2. The second-order valence-electron chi connectivity index (χ2n) is 4.37. The Morgan fingerprint density at radius 3 is 2.72 bits per heavy atom. The number of rotatable bonds is 1. The number of aryl methyl sites for hydroxylation is 2. The van der Waals surface area contributed by atoms with E-state index in [0.29, 0.717) is 11.5 Å². The molecule has 0 unspecified atom stereocenters. The molecule has 0 radical (unpaired) electrons. The number of fused-ring (bicyclic) bond motifs is 1. The Hall–Kier alpha value is -2.23. The Kier molecular flexibility index (Phi) is 2.37. The number of hydrogen-bond donors (Lipinski definition) is 1. The molecule has 0 aliphatic carbocycles. The zero-order chi connectivity index (χ0) is 12.7. The molecule has 90 valence electrons. The molecule has 18 heavy (non-hydrogen) atoms. The van der Waals surface area contributed by atoms with Crippen LogP contribution in [0.15, 0.2) is 30.5 Å². The van der Waals surface area contributed by atoms with E-state index in [1.165, 1.54) is 12.1 Å². The monoisotopic (exact) mass is 241 g/mol. The van der Waals surface area contributed by atoms with Gasteiger partial charge in [0.25, 0.3) is 0 Å². The first-order valence-corrected chi connectivity index (χ1v) is 5.73. The van der Waals surface area contributed by atoms with Crippen LogP contribution in [-0.4, -0.2) is 15.0 Å². The van der Waals surface area contributed by atoms with E-state index in [9.17, 15) is 4.39 Å². The highest BCUT2D eigenvalue weighted by Gasteiger charge is 2.10. The second kappa shape index (κ2) is 3.91. The summed E-state index contributed by atoms with van der Waals surface area (Å²) in [5.41, 5.74) is 4.39. The van der Waals surface area contributed by atoms with Crippen molar-refractivity contribution in [1.82, 2.24) is 15.0 Å². The highest BCUT2D eigenvalue weighted by Crippen LogP contribution is 2.24. The first kappa shape index (κ1) is 10.9. The van der Waals surface area contributed by atoms with Gasteiger partial charge in [0, 0.05) is 11.8 Å². The number of halogens is 1. The van der Waals surface area contributed by atoms with Crippen molar-refractivity contribution in [3.63, 3.8) is 0 Å². The summed E-state index contributed by atoms with van der Waals surface area (Å²) in [6.07, 6.45) is 1.72. The fourth-order valence-electron chi connectivity index (χ4n) is 2.01. The zero-order valence-electron chi connectivity index (χ0n) is 10.2. The van der Waals surface area contributed by atoms with Gasteiger partial charge in [-0.2, -0.15) is 0 Å². The quantitative estimate of drug-likeness (QED) is 0.709. The number of benzene rings is 1. The third-order valence-electron chi connectivity index (χ3n) is 3.06. The van der Waals surface area contributed by atoms with Gasteiger partial charge in [-0.15, -0.1) is 0 Å². The number of aromatic nitrogens is 3. The third kappa shape index (κ3) is 1.66. The fourth-order valence-corrected chi connectivity index (χ4v) is 2.01. The summed E-state index contributed by atoms with van der Waals surface area (Å²) in [5.74, 6) is 0.393. The summed E-state index contributed by atoms with van der Waals surface area (Å²) in [7, 11) is 0. The molecule has 0 amide bonds. The Morgan fingerprint density at radius 2 is 1.94 bits per heavy atom. The summed E-state index contributed by atoms with van der Waals surface area (Å²) >= 11 is 0. The second-order valence-corrected chi connectivity index (χ2v) is 4.37. The van der Waals surface area contributed by atoms with E-state index in [2.05, 4.69) is 15.0 Å². The Balaban J connectivity index is 2.26. The van der Waals surface area contributed by atoms with Crippen LogP contribution in [-0.2, 0) is 0 Å². The van der Waals surface area contributed by atoms with Crippen LogP contribution in [0.5, 0.6) is 0 Å². The molecular weight excluding hydrogens is 229 g/mol. The van der Waals surface area contributed by atoms with E-state index in [1.807, 2.05) is 19.9 Å². The van der Waals surface area contributed by atoms with Gasteiger partial charge >= 0.3 is 0 Å². The minimum atomic E-state index is -0.263. The van der Waals surface area contributed by atoms with Crippen LogP contribution in [0.2, 0.25) is 0 Å². The van der Waals surface area contributed by atoms with Crippen LogP contribution in [0, 0.1) is 19.7 Å². The number of nitrogens with zero attached hydrogens (tertiary/aromatic N) is 2. The fraction of sp³-hybridized carbons (Fsp3) is 0.143. The number of H-pyrrole nitrogens is 1. The molecule has 0 atom stereocenters. The predicted octanol–water partition coefficient (Wildman–Crippen LogP) is 3.38. The average Bonchev–Trinajstić information content (AvgIpc) is 2.77. The van der Waals surface area contributed by atoms with E-state index in [1.54, 1.807) is 12.3 Å². The number of pyridine rings is 1. The van der Waals surface area contributed by atoms with Crippen molar-refractivity contribution in [2.45, 2.75) is 13.8 Å². The molecule has 0 aliphatic rings. The topological polar surface area (TPSA) is 41.6 Å². The Labute approximate surface area is 104 Å². The average molecular weight is 241 g/mol. The molecule has 1 N–H and O–H groups in total. The summed E-state index contributed by atoms with van der Waals surface area (Å²) in [6.45, 7) is 3.92. The molecule has 0 bridgehead atoms. The molecule has 2 heterocycles. The smallest absolute Gasteiger partial charge is 0.178 e. The lowest BCUT2D eigenvalue weighted by Crippen LogP contribution is -1.87. The van der Waals surface area contributed by atoms with Crippen LogP contribution in [0.3, 0.4) is 0 Å². The lowest BCUT2D eigenvalue weighted by molar-refractivity contribution is 0.628. The van der Waals surface area contributed by atoms with Gasteiger partial charge < -0.3 is 4.98 Å². The molecular formula is C14H12FN3. The minimum absolute atomic E-state index is 0.263. The van der Waals surface area contributed by atoms with Crippen LogP contribution < -0.4 is 0 Å². The van der Waals surface area contributed by atoms with Gasteiger partial charge in [-0.05, 0) is 43.2 Å². The maximum absolute atomic E-state index is 13.3. The van der Waals surface area contributed by atoms with Crippen molar-refractivity contribution < 1.29 is 4.39 Å². The summed E-state index contributed by atoms with van der Waals surface area (Å²) in [4.78, 5) is 11.8. The first-order valence-electron chi connectivity index (χ1n) is 5.73. The molecule has 3 aromatic rings. The molecule has 0 aliphatic heterocycles. The standard InChI is InChI=1S/C14H12FN3/c1-8-3-4-10(15)7-11(8)13-17-12-9(2)5-6-16-14(12)18-13/h3-7H,1-2H3,(H,16,17,18). The van der Waals surface area contributed by atoms with Gasteiger partial charge in [0.05, 0.1) is 5.52 Å². The predicted molar refractivity (Wildman–Crippen MR) is 68.8 cm³/mol. The lowest BCUT2D eigenvalue weighted by atomic mass is 10.1. The Bertz CT molecular complexity index is 731. The number of nitrogens with one attached hydrogen (secondary N) is 1. The lowest BCUT2D eigenvalue weighted by Gasteiger charge is -2.01. The number of aromatic amines is 1. The van der Waals surface area contributed by atoms with Crippen LogP contribution in [0.1, 0.15) is 11.1 Å². The van der Waals surface area contributed by atoms with Crippen molar-refractivity contribution in [3.8, 4) is 11.4 Å². The highest BCUT2D eigenvalue weighted by atomic mass is 19.1. The van der Waals surface area contributed by atoms with Gasteiger partial charge in [0.2, 0.25) is 0 Å². The molecule has 0 fully saturated rings. The molecule has 1 aromatic carbocycles. The van der Waals surface area contributed by atoms with Crippen molar-refractivity contribution in [3.05, 3.63) is 47.4 Å². The molecule has 3 rings (SSSR count). The largest absolute Gasteiger partial charge is 0.336 e. The molecule has 4 heteroatoms. The van der Waals surface area contributed by atoms with Crippen molar-refractivity contribution in [1.29, 1.82) is 0 Å². The van der Waals surface area contributed by atoms with Gasteiger partial charge in [0.15, 0.2) is 5.65 Å². The summed E-state index contributed by atoms with van der Waals surface area (Å²) in [5, 5.41) is 0. The van der Waals surface area contributed by atoms with Gasteiger partial charge in [-0.25, -0.2) is 14.4 Å². The van der Waals surface area contributed by atoms with E-state index < -0.39 is 0 Å². The van der Waals surface area contributed by atoms with E-state index >= 15 is 0 Å². The summed E-state index contributed by atoms with van der Waals surface area (Å²) in [6, 6.07) is 6.61. The van der Waals surface area contributed by atoms with Crippen LogP contribution in [0.25, 0.3) is 22.6 Å². The van der Waals surface area contributed by atoms with Crippen LogP contribution in [0.4, 0.5) is 4.39 Å². The maximum atomic E-state index is 13.3. The summed E-state index contributed by atoms with van der Waals surface area (Å²) < 4.78 is 13.3. The first-order chi connectivity index (χ1) is 8.65. The molecule has 2 aromatic heterocycles. The molecule has 3 nitrogen and oxygen atoms in total. The number of imidazole rings is 1. The van der Waals surface area contributed by atoms with Crippen LogP contribution >= 0.6 is 0 Å². The molecule has 0 saturated carbocycles. The van der Waals surface area contributed by atoms with Gasteiger partial charge in [0.1, 0.15) is 11.6 Å². The van der Waals surface area contributed by atoms with E-state index in [0.717, 1.165) is 22.2 Å². The highest BCUT2D eigenvalue weighted by molar-refractivity contribution is 5.79. The normalized spacial score (nSPS) is 11.1.